The molecule has 18 valence electrons. The molecule has 0 heterocycles. The van der Waals surface area contributed by atoms with Crippen molar-refractivity contribution in [1.82, 2.24) is 0 Å². The fourth-order valence-electron chi connectivity index (χ4n) is 0. The Bertz CT molecular complexity index is 27.9. The van der Waals surface area contributed by atoms with Gasteiger partial charge in [-0.05, 0) is 0 Å². The predicted molar refractivity (Wildman–Crippen MR) is 15.9 cm³/mol. The van der Waals surface area contributed by atoms with Gasteiger partial charge in [-0.3, -0.25) is 0 Å². The van der Waals surface area contributed by atoms with Gasteiger partial charge in [0.25, 0.3) is 0 Å². The summed E-state index contributed by atoms with van der Waals surface area (Å²) in [6.45, 7) is 6.25. The molecule has 0 rings (SSSR count). The van der Waals surface area contributed by atoms with Crippen molar-refractivity contribution in [1.29, 1.82) is 0 Å². The largest absolute Gasteiger partial charge is 1.00 e. The van der Waals surface area contributed by atoms with Crippen molar-refractivity contribution in [3.05, 3.63) is 18.9 Å². The predicted octanol–water partition coefficient (Wildman–Crippen LogP) is -1.93. The Kier molecular flexibility index (Phi) is 21.3. The SMILES string of the molecule is C=C=C.[H-].[Na+]. The van der Waals surface area contributed by atoms with Crippen LogP contribution in [-0.4, -0.2) is 0 Å². The van der Waals surface area contributed by atoms with Crippen LogP contribution in [0.25, 0.3) is 0 Å². The molecule has 0 fully saturated rings. The van der Waals surface area contributed by atoms with Crippen LogP contribution in [0.3, 0.4) is 0 Å². The van der Waals surface area contributed by atoms with Gasteiger partial charge in [-0.25, -0.2) is 0 Å². The normalized spacial score (nSPS) is 2.00. The second-order valence-electron chi connectivity index (χ2n) is 0.250. The Morgan fingerprint density at radius 1 is 1.50 bits per heavy atom. The molecular formula is C3H5Na. The number of rotatable bonds is 0. The molecular weight excluding hydrogens is 59.0 g/mol. The van der Waals surface area contributed by atoms with E-state index in [0.29, 0.717) is 0 Å². The molecule has 0 spiro atoms. The molecule has 0 aliphatic carbocycles. The first-order chi connectivity index (χ1) is 1.41. The molecule has 0 bridgehead atoms. The van der Waals surface area contributed by atoms with Gasteiger partial charge in [0.2, 0.25) is 0 Å². The molecule has 0 aromatic heterocycles. The zero-order chi connectivity index (χ0) is 2.71. The Labute approximate surface area is 50.0 Å². The zero-order valence-electron chi connectivity index (χ0n) is 3.91. The first kappa shape index (κ1) is 8.82. The van der Waals surface area contributed by atoms with E-state index in [1.165, 1.54) is 0 Å². The second kappa shape index (κ2) is 9.68. The van der Waals surface area contributed by atoms with Crippen molar-refractivity contribution in [3.63, 3.8) is 0 Å². The van der Waals surface area contributed by atoms with Gasteiger partial charge in [0.05, 0.1) is 0 Å². The van der Waals surface area contributed by atoms with Gasteiger partial charge in [0.1, 0.15) is 0 Å². The van der Waals surface area contributed by atoms with Crippen LogP contribution in [0.1, 0.15) is 1.43 Å². The monoisotopic (exact) mass is 64.0 g/mol. The first-order valence-electron chi connectivity index (χ1n) is 0.707. The number of hydrogen-bond acceptors (Lipinski definition) is 0. The molecule has 0 atom stereocenters. The Morgan fingerprint density at radius 3 is 1.50 bits per heavy atom. The van der Waals surface area contributed by atoms with Crippen molar-refractivity contribution in [2.45, 2.75) is 0 Å². The molecule has 0 saturated carbocycles. The molecule has 0 N–H and O–H groups in total. The fraction of sp³-hybridized carbons (Fsp3) is 0. The average molecular weight is 64.1 g/mol. The van der Waals surface area contributed by atoms with Gasteiger partial charge < -0.3 is 1.43 Å². The Hall–Kier alpha value is 0.520. The van der Waals surface area contributed by atoms with Gasteiger partial charge in [-0.1, -0.05) is 13.2 Å². The summed E-state index contributed by atoms with van der Waals surface area (Å²) in [5, 5.41) is 0. The third-order valence-corrected chi connectivity index (χ3v) is 0. The summed E-state index contributed by atoms with van der Waals surface area (Å²) in [7, 11) is 0. The van der Waals surface area contributed by atoms with Crippen LogP contribution in [-0.2, 0) is 0 Å². The van der Waals surface area contributed by atoms with E-state index < -0.39 is 0 Å². The van der Waals surface area contributed by atoms with Crippen molar-refractivity contribution in [2.75, 3.05) is 0 Å². The van der Waals surface area contributed by atoms with E-state index in [1.54, 1.807) is 0 Å². The van der Waals surface area contributed by atoms with Crippen molar-refractivity contribution < 1.29 is 31.0 Å². The zero-order valence-corrected chi connectivity index (χ0v) is 4.91. The second-order valence-corrected chi connectivity index (χ2v) is 0.250. The summed E-state index contributed by atoms with van der Waals surface area (Å²) in [5.41, 5.74) is 2.25. The molecule has 0 unspecified atom stereocenters. The quantitative estimate of drug-likeness (QED) is 0.227. The van der Waals surface area contributed by atoms with E-state index in [4.69, 9.17) is 0 Å². The van der Waals surface area contributed by atoms with E-state index in [-0.39, 0.29) is 31.0 Å². The average Bonchev–Trinajstić information content (AvgIpc) is 0.918. The molecule has 0 aromatic carbocycles. The maximum absolute atomic E-state index is 3.12. The van der Waals surface area contributed by atoms with Crippen LogP contribution >= 0.6 is 0 Å². The third-order valence-electron chi connectivity index (χ3n) is 0. The first-order valence-corrected chi connectivity index (χ1v) is 0.707. The van der Waals surface area contributed by atoms with Gasteiger partial charge in [0.15, 0.2) is 0 Å². The van der Waals surface area contributed by atoms with Crippen molar-refractivity contribution in [3.8, 4) is 0 Å². The Balaban J connectivity index is -0.0000000200. The summed E-state index contributed by atoms with van der Waals surface area (Å²) in [5.74, 6) is 0. The van der Waals surface area contributed by atoms with E-state index in [2.05, 4.69) is 18.9 Å². The van der Waals surface area contributed by atoms with E-state index in [9.17, 15) is 0 Å². The van der Waals surface area contributed by atoms with Gasteiger partial charge in [0, 0.05) is 0 Å². The molecule has 0 saturated heterocycles. The van der Waals surface area contributed by atoms with Gasteiger partial charge >= 0.3 is 29.6 Å². The molecule has 0 aliphatic rings. The summed E-state index contributed by atoms with van der Waals surface area (Å²) in [6.07, 6.45) is 0. The molecule has 0 radical (unpaired) electrons. The van der Waals surface area contributed by atoms with Crippen LogP contribution in [0.4, 0.5) is 0 Å². The van der Waals surface area contributed by atoms with Gasteiger partial charge in [-0.2, -0.15) is 0 Å². The topological polar surface area (TPSA) is 0 Å². The van der Waals surface area contributed by atoms with Crippen LogP contribution in [0.2, 0.25) is 0 Å². The van der Waals surface area contributed by atoms with E-state index in [0.717, 1.165) is 0 Å². The van der Waals surface area contributed by atoms with E-state index in [1.807, 2.05) is 0 Å². The molecule has 1 heteroatoms. The van der Waals surface area contributed by atoms with E-state index >= 15 is 0 Å². The molecule has 0 nitrogen and oxygen atoms in total. The maximum Gasteiger partial charge on any atom is 1.00 e. The molecule has 4 heavy (non-hydrogen) atoms. The summed E-state index contributed by atoms with van der Waals surface area (Å²) >= 11 is 0. The third kappa shape index (κ3) is 21.5. The Morgan fingerprint density at radius 2 is 1.50 bits per heavy atom. The number of hydrogen-bond donors (Lipinski definition) is 0. The van der Waals surface area contributed by atoms with Crippen molar-refractivity contribution in [2.24, 2.45) is 0 Å². The maximum atomic E-state index is 3.12. The van der Waals surface area contributed by atoms with Crippen LogP contribution in [0.5, 0.6) is 0 Å². The molecule has 0 aromatic rings. The standard InChI is InChI=1S/C3H4.Na.H/c1-3-2;;/h1-2H2;;/q;+1;-1. The van der Waals surface area contributed by atoms with Gasteiger partial charge in [-0.15, -0.1) is 5.73 Å². The minimum atomic E-state index is 0. The van der Waals surface area contributed by atoms with Crippen molar-refractivity contribution >= 4 is 0 Å². The van der Waals surface area contributed by atoms with Crippen LogP contribution in [0, 0.1) is 0 Å². The minimum absolute atomic E-state index is 0. The van der Waals surface area contributed by atoms with Crippen LogP contribution < -0.4 is 29.6 Å². The van der Waals surface area contributed by atoms with Crippen LogP contribution in [0.15, 0.2) is 18.9 Å². The smallest absolute Gasteiger partial charge is 1.00 e. The summed E-state index contributed by atoms with van der Waals surface area (Å²) in [4.78, 5) is 0. The fourth-order valence-corrected chi connectivity index (χ4v) is 0. The summed E-state index contributed by atoms with van der Waals surface area (Å²) < 4.78 is 0. The molecule has 0 aliphatic heterocycles. The molecule has 0 amide bonds. The minimum Gasteiger partial charge on any atom is -1.00 e. The summed E-state index contributed by atoms with van der Waals surface area (Å²) in [6, 6.07) is 0.